The van der Waals surface area contributed by atoms with Crippen LogP contribution in [0.3, 0.4) is 0 Å². The SMILES string of the molecule is C1CC[SiH2][SiH2]C1. The zero-order valence-corrected chi connectivity index (χ0v) is 7.07. The molecule has 0 saturated carbocycles. The van der Waals surface area contributed by atoms with E-state index in [-0.39, 0.29) is 0 Å². The lowest BCUT2D eigenvalue weighted by Crippen LogP contribution is -2.07. The molecular weight excluding hydrogens is 104 g/mol. The van der Waals surface area contributed by atoms with E-state index in [4.69, 9.17) is 0 Å². The highest BCUT2D eigenvalue weighted by atomic mass is 29.1. The Labute approximate surface area is 43.8 Å². The minimum Gasteiger partial charge on any atom is -0.0652 e. The number of hydrogen-bond acceptors (Lipinski definition) is 0. The molecule has 1 aliphatic rings. The molecule has 1 rings (SSSR count). The third-order valence-electron chi connectivity index (χ3n) is 1.50. The van der Waals surface area contributed by atoms with Crippen molar-refractivity contribution in [3.63, 3.8) is 0 Å². The fraction of sp³-hybridized carbons (Fsp3) is 1.00. The first-order valence-electron chi connectivity index (χ1n) is 3.00. The average Bonchev–Trinajstić information content (AvgIpc) is 1.72. The van der Waals surface area contributed by atoms with Crippen LogP contribution in [0, 0.1) is 0 Å². The molecule has 0 amide bonds. The van der Waals surface area contributed by atoms with E-state index >= 15 is 0 Å². The van der Waals surface area contributed by atoms with Crippen molar-refractivity contribution in [3.8, 4) is 0 Å². The van der Waals surface area contributed by atoms with Crippen molar-refractivity contribution in [1.82, 2.24) is 0 Å². The van der Waals surface area contributed by atoms with Gasteiger partial charge in [0, 0.05) is 18.1 Å². The Balaban J connectivity index is 2.00. The van der Waals surface area contributed by atoms with Crippen LogP contribution in [0.4, 0.5) is 0 Å². The van der Waals surface area contributed by atoms with Gasteiger partial charge < -0.3 is 0 Å². The van der Waals surface area contributed by atoms with Crippen molar-refractivity contribution >= 4 is 18.1 Å². The summed E-state index contributed by atoms with van der Waals surface area (Å²) in [6.45, 7) is 0. The Kier molecular flexibility index (Phi) is 1.97. The molecule has 0 aromatic heterocycles. The molecule has 0 nitrogen and oxygen atoms in total. The van der Waals surface area contributed by atoms with Crippen LogP contribution in [-0.4, -0.2) is 18.1 Å². The van der Waals surface area contributed by atoms with E-state index in [0.717, 1.165) is 0 Å². The van der Waals surface area contributed by atoms with Crippen LogP contribution in [0.1, 0.15) is 12.8 Å². The van der Waals surface area contributed by atoms with Crippen LogP contribution < -0.4 is 0 Å². The quantitative estimate of drug-likeness (QED) is 0.387. The molecular formula is C4H12Si2. The summed E-state index contributed by atoms with van der Waals surface area (Å²) in [5.74, 6) is 0. The molecule has 0 aliphatic carbocycles. The highest BCUT2D eigenvalue weighted by Crippen LogP contribution is 2.04. The zero-order valence-electron chi connectivity index (χ0n) is 4.24. The predicted octanol–water partition coefficient (Wildman–Crippen LogP) is -0.131. The minimum absolute atomic E-state index is 0.647. The lowest BCUT2D eigenvalue weighted by Gasteiger charge is -2.04. The van der Waals surface area contributed by atoms with Gasteiger partial charge in [0.15, 0.2) is 0 Å². The molecule has 6 heavy (non-hydrogen) atoms. The molecule has 2 heteroatoms. The molecule has 0 unspecified atom stereocenters. The monoisotopic (exact) mass is 116 g/mol. The second kappa shape index (κ2) is 2.58. The van der Waals surface area contributed by atoms with Gasteiger partial charge in [-0.15, -0.1) is 0 Å². The van der Waals surface area contributed by atoms with E-state index in [1.165, 1.54) is 0 Å². The molecule has 0 atom stereocenters. The number of hydrogen-bond donors (Lipinski definition) is 0. The smallest absolute Gasteiger partial charge is 0.00797 e. The second-order valence-electron chi connectivity index (χ2n) is 2.12. The Morgan fingerprint density at radius 1 is 0.833 bits per heavy atom. The highest BCUT2D eigenvalue weighted by molar-refractivity contribution is 7.00. The van der Waals surface area contributed by atoms with Gasteiger partial charge in [-0.2, -0.15) is 0 Å². The van der Waals surface area contributed by atoms with Gasteiger partial charge >= 0.3 is 0 Å². The molecule has 1 heterocycles. The van der Waals surface area contributed by atoms with E-state index < -0.39 is 0 Å². The van der Waals surface area contributed by atoms with E-state index in [9.17, 15) is 0 Å². The van der Waals surface area contributed by atoms with Crippen LogP contribution in [0.2, 0.25) is 12.1 Å². The van der Waals surface area contributed by atoms with Gasteiger partial charge in [-0.1, -0.05) is 24.9 Å². The first-order valence-corrected chi connectivity index (χ1v) is 9.00. The predicted molar refractivity (Wildman–Crippen MR) is 35.9 cm³/mol. The maximum absolute atomic E-state index is 1.70. The Morgan fingerprint density at radius 3 is 1.50 bits per heavy atom. The van der Waals surface area contributed by atoms with Crippen LogP contribution in [0.15, 0.2) is 0 Å². The van der Waals surface area contributed by atoms with Crippen molar-refractivity contribution < 1.29 is 0 Å². The van der Waals surface area contributed by atoms with Crippen LogP contribution >= 0.6 is 0 Å². The van der Waals surface area contributed by atoms with Gasteiger partial charge in [0.1, 0.15) is 0 Å². The van der Waals surface area contributed by atoms with Crippen molar-refractivity contribution in [3.05, 3.63) is 0 Å². The standard InChI is InChI=1S/C4H12Si2/c1-2-4-6-5-3-1/h1-6H2. The Hall–Kier alpha value is 0.434. The molecule has 0 aromatic carbocycles. The van der Waals surface area contributed by atoms with E-state index in [1.807, 2.05) is 0 Å². The van der Waals surface area contributed by atoms with Crippen molar-refractivity contribution in [2.45, 2.75) is 24.9 Å². The van der Waals surface area contributed by atoms with Crippen LogP contribution in [0.25, 0.3) is 0 Å². The second-order valence-corrected chi connectivity index (χ2v) is 9.19. The Bertz CT molecular complexity index is 21.0. The maximum atomic E-state index is 1.70. The van der Waals surface area contributed by atoms with Crippen molar-refractivity contribution in [2.75, 3.05) is 0 Å². The zero-order chi connectivity index (χ0) is 4.24. The first-order chi connectivity index (χ1) is 3.00. The number of rotatable bonds is 0. The molecule has 1 saturated heterocycles. The summed E-state index contributed by atoms with van der Waals surface area (Å²) in [5.41, 5.74) is 0. The summed E-state index contributed by atoms with van der Waals surface area (Å²) >= 11 is 0. The van der Waals surface area contributed by atoms with E-state index in [1.54, 1.807) is 24.9 Å². The lowest BCUT2D eigenvalue weighted by molar-refractivity contribution is 0.867. The molecule has 0 aromatic rings. The van der Waals surface area contributed by atoms with Gasteiger partial charge in [-0.25, -0.2) is 0 Å². The summed E-state index contributed by atoms with van der Waals surface area (Å²) in [5, 5.41) is 0. The maximum Gasteiger partial charge on any atom is 0.00797 e. The van der Waals surface area contributed by atoms with Crippen LogP contribution in [0.5, 0.6) is 0 Å². The Morgan fingerprint density at radius 2 is 1.33 bits per heavy atom. The molecule has 0 bridgehead atoms. The molecule has 0 spiro atoms. The third kappa shape index (κ3) is 1.26. The molecule has 0 N–H and O–H groups in total. The summed E-state index contributed by atoms with van der Waals surface area (Å²) in [4.78, 5) is 0. The van der Waals surface area contributed by atoms with E-state index in [0.29, 0.717) is 18.1 Å². The fourth-order valence-electron chi connectivity index (χ4n) is 1.06. The molecule has 1 aliphatic heterocycles. The molecule has 0 radical (unpaired) electrons. The van der Waals surface area contributed by atoms with Crippen LogP contribution in [-0.2, 0) is 0 Å². The summed E-state index contributed by atoms with van der Waals surface area (Å²) in [7, 11) is 1.29. The van der Waals surface area contributed by atoms with Crippen molar-refractivity contribution in [1.29, 1.82) is 0 Å². The van der Waals surface area contributed by atoms with E-state index in [2.05, 4.69) is 0 Å². The van der Waals surface area contributed by atoms with Gasteiger partial charge in [-0.05, 0) is 0 Å². The molecule has 36 valence electrons. The lowest BCUT2D eigenvalue weighted by atomic mass is 10.4. The topological polar surface area (TPSA) is 0 Å². The van der Waals surface area contributed by atoms with Gasteiger partial charge in [0.2, 0.25) is 0 Å². The largest absolute Gasteiger partial charge is 0.0652 e. The first kappa shape index (κ1) is 4.59. The fourth-order valence-corrected chi connectivity index (χ4v) is 7.42. The van der Waals surface area contributed by atoms with Crippen molar-refractivity contribution in [2.24, 2.45) is 0 Å². The van der Waals surface area contributed by atoms with Gasteiger partial charge in [0.05, 0.1) is 0 Å². The minimum atomic E-state index is 0.647. The summed E-state index contributed by atoms with van der Waals surface area (Å²) < 4.78 is 0. The highest BCUT2D eigenvalue weighted by Gasteiger charge is 1.97. The average molecular weight is 116 g/mol. The summed E-state index contributed by atoms with van der Waals surface area (Å²) in [6, 6.07) is 3.40. The third-order valence-corrected chi connectivity index (χ3v) is 8.50. The van der Waals surface area contributed by atoms with Gasteiger partial charge in [0.25, 0.3) is 0 Å². The molecule has 1 fully saturated rings. The summed E-state index contributed by atoms with van der Waals surface area (Å²) in [6.07, 6.45) is 3.19. The van der Waals surface area contributed by atoms with Gasteiger partial charge in [-0.3, -0.25) is 0 Å². The normalized spacial score (nSPS) is 32.0.